The van der Waals surface area contributed by atoms with Crippen LogP contribution in [0, 0.1) is 20.2 Å². The summed E-state index contributed by atoms with van der Waals surface area (Å²) in [5, 5.41) is 26.0. The second-order valence-electron chi connectivity index (χ2n) is 5.75. The number of nitro benzene ring substituents is 2. The van der Waals surface area contributed by atoms with Crippen LogP contribution in [0.15, 0.2) is 52.5 Å². The third kappa shape index (κ3) is 5.12. The van der Waals surface area contributed by atoms with Gasteiger partial charge in [-0.3, -0.25) is 25.7 Å². The zero-order chi connectivity index (χ0) is 21.6. The van der Waals surface area contributed by atoms with Crippen molar-refractivity contribution >= 4 is 33.3 Å². The summed E-state index contributed by atoms with van der Waals surface area (Å²) in [6, 6.07) is 9.15. The third-order valence-corrected chi connectivity index (χ3v) is 6.03. The van der Waals surface area contributed by atoms with E-state index in [0.29, 0.717) is 5.56 Å². The van der Waals surface area contributed by atoms with Crippen LogP contribution in [0.25, 0.3) is 0 Å². The number of sulfonamides is 1. The van der Waals surface area contributed by atoms with Crippen LogP contribution >= 0.6 is 0 Å². The molecule has 1 N–H and O–H groups in total. The SMILES string of the molecule is CCN(CC)S(=O)(=O)c1ccc(N/N=C/c2cccc([N+](=O)[O-])c2)c([N+](=O)[O-])c1. The van der Waals surface area contributed by atoms with Crippen LogP contribution < -0.4 is 5.43 Å². The topological polar surface area (TPSA) is 148 Å². The fourth-order valence-corrected chi connectivity index (χ4v) is 4.00. The molecule has 0 saturated heterocycles. The van der Waals surface area contributed by atoms with Gasteiger partial charge in [-0.25, -0.2) is 8.42 Å². The second kappa shape index (κ2) is 9.21. The molecule has 0 bridgehead atoms. The van der Waals surface area contributed by atoms with Crippen LogP contribution in [-0.4, -0.2) is 41.9 Å². The minimum absolute atomic E-state index is 0.0184. The Balaban J connectivity index is 2.31. The van der Waals surface area contributed by atoms with Crippen molar-refractivity contribution in [1.29, 1.82) is 0 Å². The van der Waals surface area contributed by atoms with Gasteiger partial charge in [0.25, 0.3) is 11.4 Å². The van der Waals surface area contributed by atoms with Gasteiger partial charge in [0.2, 0.25) is 10.0 Å². The van der Waals surface area contributed by atoms with Gasteiger partial charge in [-0.2, -0.15) is 9.41 Å². The van der Waals surface area contributed by atoms with Crippen LogP contribution in [0.3, 0.4) is 0 Å². The van der Waals surface area contributed by atoms with Gasteiger partial charge >= 0.3 is 0 Å². The van der Waals surface area contributed by atoms with E-state index < -0.39 is 25.6 Å². The lowest BCUT2D eigenvalue weighted by Crippen LogP contribution is -2.30. The fourth-order valence-electron chi connectivity index (χ4n) is 2.53. The van der Waals surface area contributed by atoms with E-state index in [0.717, 1.165) is 6.07 Å². The first kappa shape index (κ1) is 21.9. The Kier molecular flexibility index (Phi) is 6.96. The molecular weight excluding hydrogens is 402 g/mol. The van der Waals surface area contributed by atoms with Gasteiger partial charge in [0.1, 0.15) is 5.69 Å². The molecule has 0 saturated carbocycles. The summed E-state index contributed by atoms with van der Waals surface area (Å²) in [5.74, 6) is 0. The first-order valence-electron chi connectivity index (χ1n) is 8.52. The van der Waals surface area contributed by atoms with Gasteiger partial charge in [-0.1, -0.05) is 26.0 Å². The van der Waals surface area contributed by atoms with Crippen molar-refractivity contribution in [3.63, 3.8) is 0 Å². The molecule has 0 aliphatic rings. The number of rotatable bonds is 9. The molecule has 2 rings (SSSR count). The largest absolute Gasteiger partial charge is 0.295 e. The number of anilines is 1. The third-order valence-electron chi connectivity index (χ3n) is 3.99. The summed E-state index contributed by atoms with van der Waals surface area (Å²) in [5.41, 5.74) is 2.29. The van der Waals surface area contributed by atoms with Gasteiger partial charge < -0.3 is 0 Å². The van der Waals surface area contributed by atoms with Crippen molar-refractivity contribution in [1.82, 2.24) is 4.31 Å². The highest BCUT2D eigenvalue weighted by Gasteiger charge is 2.25. The maximum atomic E-state index is 12.6. The molecule has 0 atom stereocenters. The zero-order valence-electron chi connectivity index (χ0n) is 15.7. The lowest BCUT2D eigenvalue weighted by atomic mass is 10.2. The monoisotopic (exact) mass is 421 g/mol. The number of nitro groups is 2. The molecule has 0 spiro atoms. The molecule has 0 heterocycles. The number of nitrogens with zero attached hydrogens (tertiary/aromatic N) is 4. The molecule has 0 amide bonds. The molecule has 0 aromatic heterocycles. The minimum Gasteiger partial charge on any atom is -0.272 e. The number of hydrogen-bond acceptors (Lipinski definition) is 8. The Morgan fingerprint density at radius 1 is 1.07 bits per heavy atom. The summed E-state index contributed by atoms with van der Waals surface area (Å²) in [6.45, 7) is 3.82. The molecule has 154 valence electrons. The van der Waals surface area contributed by atoms with Crippen LogP contribution in [0.4, 0.5) is 17.1 Å². The maximum absolute atomic E-state index is 12.6. The summed E-state index contributed by atoms with van der Waals surface area (Å²) in [6.07, 6.45) is 1.26. The highest BCUT2D eigenvalue weighted by Crippen LogP contribution is 2.29. The van der Waals surface area contributed by atoms with E-state index >= 15 is 0 Å². The Labute approximate surface area is 167 Å². The average Bonchev–Trinajstić information content (AvgIpc) is 2.68. The van der Waals surface area contributed by atoms with Crippen LogP contribution in [0.5, 0.6) is 0 Å². The summed E-state index contributed by atoms with van der Waals surface area (Å²) < 4.78 is 26.3. The predicted molar refractivity (Wildman–Crippen MR) is 108 cm³/mol. The molecule has 0 radical (unpaired) electrons. The normalized spacial score (nSPS) is 11.7. The molecule has 2 aromatic rings. The molecular formula is C17H19N5O6S. The van der Waals surface area contributed by atoms with E-state index in [1.165, 1.54) is 40.9 Å². The quantitative estimate of drug-likeness (QED) is 0.372. The van der Waals surface area contributed by atoms with Crippen molar-refractivity contribution < 1.29 is 18.3 Å². The van der Waals surface area contributed by atoms with Crippen LogP contribution in [0.1, 0.15) is 19.4 Å². The summed E-state index contributed by atoms with van der Waals surface area (Å²) >= 11 is 0. The molecule has 0 aliphatic heterocycles. The number of non-ortho nitro benzene ring substituents is 1. The first-order chi connectivity index (χ1) is 13.7. The van der Waals surface area contributed by atoms with Crippen molar-refractivity contribution in [3.05, 3.63) is 68.3 Å². The number of hydrazone groups is 1. The van der Waals surface area contributed by atoms with E-state index in [2.05, 4.69) is 10.5 Å². The molecule has 12 heteroatoms. The van der Waals surface area contributed by atoms with Gasteiger partial charge in [-0.05, 0) is 12.1 Å². The Hall–Kier alpha value is -3.38. The maximum Gasteiger partial charge on any atom is 0.295 e. The first-order valence-corrected chi connectivity index (χ1v) is 9.96. The minimum atomic E-state index is -3.85. The lowest BCUT2D eigenvalue weighted by Gasteiger charge is -2.18. The van der Waals surface area contributed by atoms with Crippen LogP contribution in [0.2, 0.25) is 0 Å². The molecule has 2 aromatic carbocycles. The summed E-state index contributed by atoms with van der Waals surface area (Å²) in [4.78, 5) is 20.7. The smallest absolute Gasteiger partial charge is 0.272 e. The van der Waals surface area contributed by atoms with E-state index in [1.807, 2.05) is 0 Å². The summed E-state index contributed by atoms with van der Waals surface area (Å²) in [7, 11) is -3.85. The van der Waals surface area contributed by atoms with Crippen molar-refractivity contribution in [2.24, 2.45) is 5.10 Å². The highest BCUT2D eigenvalue weighted by molar-refractivity contribution is 7.89. The highest BCUT2D eigenvalue weighted by atomic mass is 32.2. The fraction of sp³-hybridized carbons (Fsp3) is 0.235. The predicted octanol–water partition coefficient (Wildman–Crippen LogP) is 2.98. The van der Waals surface area contributed by atoms with Gasteiger partial charge in [-0.15, -0.1) is 0 Å². The number of benzene rings is 2. The van der Waals surface area contributed by atoms with Gasteiger partial charge in [0.15, 0.2) is 0 Å². The molecule has 0 fully saturated rings. The van der Waals surface area contributed by atoms with E-state index in [4.69, 9.17) is 0 Å². The second-order valence-corrected chi connectivity index (χ2v) is 7.69. The van der Waals surface area contributed by atoms with Gasteiger partial charge in [0.05, 0.1) is 21.0 Å². The molecule has 29 heavy (non-hydrogen) atoms. The Morgan fingerprint density at radius 3 is 2.34 bits per heavy atom. The Morgan fingerprint density at radius 2 is 1.76 bits per heavy atom. The lowest BCUT2D eigenvalue weighted by molar-refractivity contribution is -0.384. The molecule has 0 aliphatic carbocycles. The molecule has 0 unspecified atom stereocenters. The molecule has 11 nitrogen and oxygen atoms in total. The van der Waals surface area contributed by atoms with E-state index in [-0.39, 0.29) is 29.4 Å². The standard InChI is InChI=1S/C17H19N5O6S/c1-3-20(4-2)29(27,28)15-8-9-16(17(11-15)22(25)26)19-18-12-13-6-5-7-14(10-13)21(23)24/h5-12,19H,3-4H2,1-2H3/b18-12+. The van der Waals surface area contributed by atoms with E-state index in [1.54, 1.807) is 19.9 Å². The zero-order valence-corrected chi connectivity index (χ0v) is 16.5. The van der Waals surface area contributed by atoms with Crippen LogP contribution in [-0.2, 0) is 10.0 Å². The van der Waals surface area contributed by atoms with E-state index in [9.17, 15) is 28.6 Å². The number of nitrogens with one attached hydrogen (secondary N) is 1. The van der Waals surface area contributed by atoms with Crippen molar-refractivity contribution in [2.75, 3.05) is 18.5 Å². The number of hydrogen-bond donors (Lipinski definition) is 1. The van der Waals surface area contributed by atoms with Crippen molar-refractivity contribution in [3.8, 4) is 0 Å². The van der Waals surface area contributed by atoms with Crippen molar-refractivity contribution in [2.45, 2.75) is 18.7 Å². The Bertz CT molecular complexity index is 1050. The average molecular weight is 421 g/mol. The van der Waals surface area contributed by atoms with Gasteiger partial charge in [0, 0.05) is 36.9 Å².